The largest absolute Gasteiger partial charge is 0.418 e. The average molecular weight is 398 g/mol. The number of nitrogens with one attached hydrogen (secondary N) is 3. The van der Waals surface area contributed by atoms with E-state index in [0.29, 0.717) is 13.0 Å². The van der Waals surface area contributed by atoms with Crippen molar-refractivity contribution in [2.45, 2.75) is 12.6 Å². The molecule has 1 aromatic heterocycles. The Labute approximate surface area is 164 Å². The average Bonchev–Trinajstić information content (AvgIpc) is 3.11. The van der Waals surface area contributed by atoms with Crippen molar-refractivity contribution in [3.05, 3.63) is 77.6 Å². The molecular formula is C21H17F3N4O. The molecule has 0 aliphatic carbocycles. The molecule has 0 atom stereocenters. The summed E-state index contributed by atoms with van der Waals surface area (Å²) in [5.74, 6) is -0.913. The number of nitrogens with zero attached hydrogens (tertiary/aromatic N) is 1. The molecule has 5 nitrogen and oxygen atoms in total. The van der Waals surface area contributed by atoms with Crippen LogP contribution in [0.3, 0.4) is 0 Å². The number of aromatic amines is 1. The van der Waals surface area contributed by atoms with Gasteiger partial charge in [0.1, 0.15) is 11.6 Å². The van der Waals surface area contributed by atoms with Gasteiger partial charge in [-0.15, -0.1) is 0 Å². The molecule has 3 N–H and O–H groups in total. The lowest BCUT2D eigenvalue weighted by atomic mass is 10.1. The summed E-state index contributed by atoms with van der Waals surface area (Å²) in [4.78, 5) is 15.4. The van der Waals surface area contributed by atoms with E-state index in [4.69, 9.17) is 0 Å². The number of nitriles is 1. The summed E-state index contributed by atoms with van der Waals surface area (Å²) < 4.78 is 39.1. The zero-order chi connectivity index (χ0) is 20.9. The highest BCUT2D eigenvalue weighted by molar-refractivity contribution is 6.06. The predicted molar refractivity (Wildman–Crippen MR) is 104 cm³/mol. The first-order chi connectivity index (χ1) is 13.9. The first-order valence-electron chi connectivity index (χ1n) is 8.76. The highest BCUT2D eigenvalue weighted by atomic mass is 19.4. The van der Waals surface area contributed by atoms with E-state index < -0.39 is 23.3 Å². The van der Waals surface area contributed by atoms with Crippen molar-refractivity contribution in [2.75, 3.05) is 11.9 Å². The number of carbonyl (C=O) groups is 1. The summed E-state index contributed by atoms with van der Waals surface area (Å²) in [7, 11) is 0. The number of halogens is 3. The lowest BCUT2D eigenvalue weighted by molar-refractivity contribution is -0.137. The van der Waals surface area contributed by atoms with Gasteiger partial charge in [0.15, 0.2) is 0 Å². The van der Waals surface area contributed by atoms with Crippen molar-refractivity contribution in [3.8, 4) is 6.07 Å². The lowest BCUT2D eigenvalue weighted by Crippen LogP contribution is -2.20. The van der Waals surface area contributed by atoms with Gasteiger partial charge in [-0.25, -0.2) is 0 Å². The molecule has 3 aromatic rings. The van der Waals surface area contributed by atoms with Crippen LogP contribution >= 0.6 is 0 Å². The zero-order valence-corrected chi connectivity index (χ0v) is 15.2. The second-order valence-corrected chi connectivity index (χ2v) is 6.23. The number of aromatic nitrogens is 1. The Morgan fingerprint density at radius 3 is 2.62 bits per heavy atom. The monoisotopic (exact) mass is 398 g/mol. The number of alkyl halides is 3. The third-order valence-corrected chi connectivity index (χ3v) is 4.31. The lowest BCUT2D eigenvalue weighted by Gasteiger charge is -2.13. The number of hydrogen-bond donors (Lipinski definition) is 3. The second kappa shape index (κ2) is 8.52. The van der Waals surface area contributed by atoms with Crippen molar-refractivity contribution in [1.29, 1.82) is 5.26 Å². The van der Waals surface area contributed by atoms with Gasteiger partial charge in [0.2, 0.25) is 0 Å². The van der Waals surface area contributed by atoms with Crippen LogP contribution in [0.15, 0.2) is 66.5 Å². The molecule has 0 unspecified atom stereocenters. The van der Waals surface area contributed by atoms with E-state index in [9.17, 15) is 23.2 Å². The molecule has 0 saturated heterocycles. The van der Waals surface area contributed by atoms with E-state index in [1.807, 2.05) is 30.5 Å². The minimum Gasteiger partial charge on any atom is -0.389 e. The molecule has 29 heavy (non-hydrogen) atoms. The topological polar surface area (TPSA) is 80.7 Å². The molecule has 0 spiro atoms. The van der Waals surface area contributed by atoms with Gasteiger partial charge in [0.05, 0.1) is 11.3 Å². The third-order valence-electron chi connectivity index (χ3n) is 4.31. The zero-order valence-electron chi connectivity index (χ0n) is 15.2. The normalized spacial score (nSPS) is 11.9. The molecule has 0 radical (unpaired) electrons. The smallest absolute Gasteiger partial charge is 0.389 e. The van der Waals surface area contributed by atoms with E-state index >= 15 is 0 Å². The highest BCUT2D eigenvalue weighted by Crippen LogP contribution is 2.34. The highest BCUT2D eigenvalue weighted by Gasteiger charge is 2.33. The van der Waals surface area contributed by atoms with Gasteiger partial charge in [-0.2, -0.15) is 18.4 Å². The van der Waals surface area contributed by atoms with Gasteiger partial charge >= 0.3 is 6.18 Å². The van der Waals surface area contributed by atoms with Gasteiger partial charge in [-0.05, 0) is 30.2 Å². The fraction of sp³-hybridized carbons (Fsp3) is 0.143. The van der Waals surface area contributed by atoms with Crippen LogP contribution in [0.2, 0.25) is 0 Å². The molecule has 3 rings (SSSR count). The van der Waals surface area contributed by atoms with Crippen molar-refractivity contribution < 1.29 is 18.0 Å². The fourth-order valence-corrected chi connectivity index (χ4v) is 2.90. The molecule has 148 valence electrons. The first-order valence-corrected chi connectivity index (χ1v) is 8.76. The van der Waals surface area contributed by atoms with Crippen molar-refractivity contribution >= 4 is 22.5 Å². The quantitative estimate of drug-likeness (QED) is 0.328. The number of rotatable bonds is 6. The summed E-state index contributed by atoms with van der Waals surface area (Å²) >= 11 is 0. The van der Waals surface area contributed by atoms with Crippen molar-refractivity contribution in [2.24, 2.45) is 0 Å². The van der Waals surface area contributed by atoms with Gasteiger partial charge in [-0.3, -0.25) is 4.79 Å². The summed E-state index contributed by atoms with van der Waals surface area (Å²) in [5.41, 5.74) is 0.394. The van der Waals surface area contributed by atoms with Crippen LogP contribution in [-0.2, 0) is 17.4 Å². The molecule has 0 saturated carbocycles. The summed E-state index contributed by atoms with van der Waals surface area (Å²) in [6.07, 6.45) is -0.877. The number of H-pyrrole nitrogens is 1. The van der Waals surface area contributed by atoms with Crippen molar-refractivity contribution in [3.63, 3.8) is 0 Å². The number of hydrogen-bond acceptors (Lipinski definition) is 3. The number of carbonyl (C=O) groups excluding carboxylic acids is 1. The Hall–Kier alpha value is -3.73. The molecule has 2 aromatic carbocycles. The predicted octanol–water partition coefficient (Wildman–Crippen LogP) is 4.36. The molecule has 0 fully saturated rings. The van der Waals surface area contributed by atoms with Gasteiger partial charge in [0.25, 0.3) is 5.91 Å². The van der Waals surface area contributed by atoms with Crippen LogP contribution in [0.25, 0.3) is 10.9 Å². The molecule has 0 bridgehead atoms. The summed E-state index contributed by atoms with van der Waals surface area (Å²) in [5, 5.41) is 15.3. The van der Waals surface area contributed by atoms with E-state index in [-0.39, 0.29) is 5.57 Å². The van der Waals surface area contributed by atoms with Crippen molar-refractivity contribution in [1.82, 2.24) is 10.3 Å². The maximum atomic E-state index is 13.0. The Morgan fingerprint density at radius 2 is 1.86 bits per heavy atom. The third kappa shape index (κ3) is 4.76. The SMILES string of the molecule is N#C/C(=C/NCCc1c[nH]c2ccccc12)C(=O)Nc1ccccc1C(F)(F)F. The molecule has 0 aliphatic rings. The minimum absolute atomic E-state index is 0.319. The standard InChI is InChI=1S/C21H17F3N4O/c22-21(23,24)17-6-2-4-8-19(17)28-20(29)15(11-25)12-26-10-9-14-13-27-18-7-3-1-5-16(14)18/h1-8,12-13,26-27H,9-10H2,(H,28,29)/b15-12-. The summed E-state index contributed by atoms with van der Waals surface area (Å²) in [6.45, 7) is 0.444. The van der Waals surface area contributed by atoms with Crippen LogP contribution < -0.4 is 10.6 Å². The number of amides is 1. The Balaban J connectivity index is 1.63. The summed E-state index contributed by atoms with van der Waals surface area (Å²) in [6, 6.07) is 14.1. The Bertz CT molecular complexity index is 1090. The van der Waals surface area contributed by atoms with E-state index in [2.05, 4.69) is 15.6 Å². The van der Waals surface area contributed by atoms with Crippen LogP contribution in [0.5, 0.6) is 0 Å². The van der Waals surface area contributed by atoms with Crippen LogP contribution in [0, 0.1) is 11.3 Å². The van der Waals surface area contributed by atoms with E-state index in [1.54, 1.807) is 6.07 Å². The number of benzene rings is 2. The maximum absolute atomic E-state index is 13.0. The molecule has 1 heterocycles. The van der Waals surface area contributed by atoms with E-state index in [1.165, 1.54) is 18.3 Å². The molecule has 1 amide bonds. The first kappa shape index (κ1) is 20.0. The number of fused-ring (bicyclic) bond motifs is 1. The number of anilines is 1. The van der Waals surface area contributed by atoms with Crippen LogP contribution in [0.4, 0.5) is 18.9 Å². The van der Waals surface area contributed by atoms with Crippen LogP contribution in [0.1, 0.15) is 11.1 Å². The number of para-hydroxylation sites is 2. The van der Waals surface area contributed by atoms with Gasteiger partial charge in [-0.1, -0.05) is 30.3 Å². The second-order valence-electron chi connectivity index (χ2n) is 6.23. The molecule has 0 aliphatic heterocycles. The molecular weight excluding hydrogens is 381 g/mol. The molecule has 8 heteroatoms. The maximum Gasteiger partial charge on any atom is 0.418 e. The Morgan fingerprint density at radius 1 is 1.14 bits per heavy atom. The van der Waals surface area contributed by atoms with Gasteiger partial charge in [0, 0.05) is 29.8 Å². The van der Waals surface area contributed by atoms with E-state index in [0.717, 1.165) is 28.6 Å². The fourth-order valence-electron chi connectivity index (χ4n) is 2.90. The Kier molecular flexibility index (Phi) is 5.88. The van der Waals surface area contributed by atoms with Gasteiger partial charge < -0.3 is 15.6 Å². The van der Waals surface area contributed by atoms with Crippen LogP contribution in [-0.4, -0.2) is 17.4 Å². The minimum atomic E-state index is -4.61.